The monoisotopic (exact) mass is 310 g/mol. The number of benzene rings is 2. The van der Waals surface area contributed by atoms with E-state index in [1.165, 1.54) is 0 Å². The van der Waals surface area contributed by atoms with Crippen LogP contribution in [0.2, 0.25) is 0 Å². The fraction of sp³-hybridized carbons (Fsp3) is 0.316. The van der Waals surface area contributed by atoms with E-state index in [0.29, 0.717) is 24.2 Å². The predicted octanol–water partition coefficient (Wildman–Crippen LogP) is 3.80. The van der Waals surface area contributed by atoms with Gasteiger partial charge in [-0.3, -0.25) is 0 Å². The largest absolute Gasteiger partial charge is 0.478 e. The van der Waals surface area contributed by atoms with E-state index in [4.69, 9.17) is 9.47 Å². The molecule has 0 radical (unpaired) electrons. The molecule has 2 aliphatic rings. The fourth-order valence-electron chi connectivity index (χ4n) is 3.49. The van der Waals surface area contributed by atoms with E-state index < -0.39 is 5.97 Å². The second-order valence-electron chi connectivity index (χ2n) is 6.11. The molecule has 4 nitrogen and oxygen atoms in total. The van der Waals surface area contributed by atoms with Crippen molar-refractivity contribution in [3.05, 3.63) is 58.7 Å². The molecule has 23 heavy (non-hydrogen) atoms. The average molecular weight is 310 g/mol. The van der Waals surface area contributed by atoms with Crippen molar-refractivity contribution >= 4 is 5.97 Å². The summed E-state index contributed by atoms with van der Waals surface area (Å²) in [6, 6.07) is 11.5. The third-order valence-electron chi connectivity index (χ3n) is 4.60. The first-order valence-electron chi connectivity index (χ1n) is 7.98. The Kier molecular flexibility index (Phi) is 3.54. The maximum Gasteiger partial charge on any atom is 0.336 e. The zero-order valence-electron chi connectivity index (χ0n) is 12.7. The normalized spacial score (nSPS) is 18.9. The minimum absolute atomic E-state index is 0.128. The van der Waals surface area contributed by atoms with Crippen molar-refractivity contribution in [3.63, 3.8) is 0 Å². The lowest BCUT2D eigenvalue weighted by atomic mass is 9.90. The van der Waals surface area contributed by atoms with Crippen LogP contribution in [0, 0.1) is 0 Å². The molecule has 4 heteroatoms. The van der Waals surface area contributed by atoms with Crippen LogP contribution in [-0.2, 0) is 17.6 Å². The zero-order chi connectivity index (χ0) is 15.8. The first-order chi connectivity index (χ1) is 11.2. The third kappa shape index (κ3) is 2.59. The molecule has 2 heterocycles. The number of carboxylic acid groups (broad SMARTS) is 1. The van der Waals surface area contributed by atoms with Crippen molar-refractivity contribution in [1.29, 1.82) is 0 Å². The Labute approximate surface area is 134 Å². The van der Waals surface area contributed by atoms with Gasteiger partial charge >= 0.3 is 5.97 Å². The van der Waals surface area contributed by atoms with E-state index in [0.717, 1.165) is 41.9 Å². The second kappa shape index (κ2) is 5.70. The zero-order valence-corrected chi connectivity index (χ0v) is 12.7. The summed E-state index contributed by atoms with van der Waals surface area (Å²) in [7, 11) is 0. The summed E-state index contributed by atoms with van der Waals surface area (Å²) in [5.41, 5.74) is 3.02. The van der Waals surface area contributed by atoms with Gasteiger partial charge < -0.3 is 14.6 Å². The highest BCUT2D eigenvalue weighted by molar-refractivity contribution is 5.92. The van der Waals surface area contributed by atoms with E-state index in [2.05, 4.69) is 0 Å². The fourth-order valence-corrected chi connectivity index (χ4v) is 3.49. The summed E-state index contributed by atoms with van der Waals surface area (Å²) in [4.78, 5) is 11.9. The number of rotatable bonds is 3. The smallest absolute Gasteiger partial charge is 0.336 e. The topological polar surface area (TPSA) is 55.8 Å². The quantitative estimate of drug-likeness (QED) is 0.799. The molecule has 1 atom stereocenters. The number of para-hydroxylation sites is 1. The molecule has 1 fully saturated rings. The van der Waals surface area contributed by atoms with Crippen LogP contribution < -0.4 is 4.74 Å². The average Bonchev–Trinajstić information content (AvgIpc) is 3.05. The molecule has 1 saturated heterocycles. The number of ether oxygens (including phenoxy) is 2. The van der Waals surface area contributed by atoms with Crippen LogP contribution >= 0.6 is 0 Å². The van der Waals surface area contributed by atoms with Crippen molar-refractivity contribution in [2.24, 2.45) is 0 Å². The Balaban J connectivity index is 1.75. The molecular formula is C19H18O4. The van der Waals surface area contributed by atoms with Gasteiger partial charge in [-0.2, -0.15) is 0 Å². The number of aromatic carboxylic acids is 1. The van der Waals surface area contributed by atoms with Crippen LogP contribution in [0.3, 0.4) is 0 Å². The predicted molar refractivity (Wildman–Crippen MR) is 85.4 cm³/mol. The standard InChI is InChI=1S/C19H18O4/c20-19(21)18-13(10-14-5-3-9-22-14)7-8-17-15(18)11-12-4-1-2-6-16(12)23-17/h1-2,4,6-8,14H,3,5,9-11H2,(H,20,21). The lowest BCUT2D eigenvalue weighted by Gasteiger charge is -2.23. The van der Waals surface area contributed by atoms with Gasteiger partial charge in [-0.05, 0) is 42.5 Å². The maximum atomic E-state index is 11.9. The number of fused-ring (bicyclic) bond motifs is 2. The van der Waals surface area contributed by atoms with Gasteiger partial charge in [0.25, 0.3) is 0 Å². The Morgan fingerprint density at radius 1 is 1.17 bits per heavy atom. The summed E-state index contributed by atoms with van der Waals surface area (Å²) >= 11 is 0. The highest BCUT2D eigenvalue weighted by Crippen LogP contribution is 2.39. The Morgan fingerprint density at radius 2 is 2.04 bits per heavy atom. The van der Waals surface area contributed by atoms with Crippen molar-refractivity contribution in [3.8, 4) is 11.5 Å². The van der Waals surface area contributed by atoms with E-state index in [1.807, 2.05) is 36.4 Å². The van der Waals surface area contributed by atoms with Crippen LogP contribution in [0.5, 0.6) is 11.5 Å². The maximum absolute atomic E-state index is 11.9. The second-order valence-corrected chi connectivity index (χ2v) is 6.11. The van der Waals surface area contributed by atoms with Crippen LogP contribution in [0.4, 0.5) is 0 Å². The number of hydrogen-bond acceptors (Lipinski definition) is 3. The summed E-state index contributed by atoms with van der Waals surface area (Å²) in [6.45, 7) is 0.772. The number of carboxylic acids is 1. The molecule has 1 unspecified atom stereocenters. The van der Waals surface area contributed by atoms with Crippen molar-refractivity contribution in [1.82, 2.24) is 0 Å². The van der Waals surface area contributed by atoms with Crippen molar-refractivity contribution in [2.75, 3.05) is 6.61 Å². The van der Waals surface area contributed by atoms with Crippen LogP contribution in [0.1, 0.15) is 39.9 Å². The molecule has 2 aromatic rings. The molecular weight excluding hydrogens is 292 g/mol. The molecule has 2 aliphatic heterocycles. The molecule has 0 aliphatic carbocycles. The molecule has 4 rings (SSSR count). The Hall–Kier alpha value is -2.33. The molecule has 0 spiro atoms. The van der Waals surface area contributed by atoms with E-state index in [1.54, 1.807) is 0 Å². The van der Waals surface area contributed by atoms with Crippen molar-refractivity contribution in [2.45, 2.75) is 31.8 Å². The lowest BCUT2D eigenvalue weighted by molar-refractivity contribution is 0.0691. The summed E-state index contributed by atoms with van der Waals surface area (Å²) in [6.07, 6.45) is 3.41. The van der Waals surface area contributed by atoms with Gasteiger partial charge in [-0.15, -0.1) is 0 Å². The van der Waals surface area contributed by atoms with E-state index >= 15 is 0 Å². The van der Waals surface area contributed by atoms with Crippen LogP contribution in [0.25, 0.3) is 0 Å². The minimum atomic E-state index is -0.891. The Bertz CT molecular complexity index is 760. The van der Waals surface area contributed by atoms with Crippen LogP contribution in [0.15, 0.2) is 36.4 Å². The molecule has 0 bridgehead atoms. The molecule has 1 N–H and O–H groups in total. The molecule has 0 saturated carbocycles. The molecule has 0 amide bonds. The molecule has 118 valence electrons. The van der Waals surface area contributed by atoms with Gasteiger partial charge in [0.05, 0.1) is 11.7 Å². The van der Waals surface area contributed by atoms with Crippen molar-refractivity contribution < 1.29 is 19.4 Å². The summed E-state index contributed by atoms with van der Waals surface area (Å²) in [5.74, 6) is 0.568. The Morgan fingerprint density at radius 3 is 2.83 bits per heavy atom. The molecule has 2 aromatic carbocycles. The number of carbonyl (C=O) groups is 1. The summed E-state index contributed by atoms with van der Waals surface area (Å²) < 4.78 is 11.6. The number of hydrogen-bond donors (Lipinski definition) is 1. The van der Waals surface area contributed by atoms with Gasteiger partial charge in [-0.1, -0.05) is 24.3 Å². The minimum Gasteiger partial charge on any atom is -0.478 e. The van der Waals surface area contributed by atoms with Gasteiger partial charge in [0.2, 0.25) is 0 Å². The molecule has 0 aromatic heterocycles. The third-order valence-corrected chi connectivity index (χ3v) is 4.60. The highest BCUT2D eigenvalue weighted by Gasteiger charge is 2.27. The SMILES string of the molecule is O=C(O)c1c(CC2CCCO2)ccc2c1Cc1ccccc1O2. The first-order valence-corrected chi connectivity index (χ1v) is 7.98. The highest BCUT2D eigenvalue weighted by atomic mass is 16.5. The first kappa shape index (κ1) is 14.3. The van der Waals surface area contributed by atoms with Gasteiger partial charge in [0.15, 0.2) is 0 Å². The van der Waals surface area contributed by atoms with Gasteiger partial charge in [0.1, 0.15) is 11.5 Å². The lowest BCUT2D eigenvalue weighted by Crippen LogP contribution is -2.16. The van der Waals surface area contributed by atoms with E-state index in [9.17, 15) is 9.90 Å². The van der Waals surface area contributed by atoms with Crippen LogP contribution in [-0.4, -0.2) is 23.8 Å². The van der Waals surface area contributed by atoms with Gasteiger partial charge in [-0.25, -0.2) is 4.79 Å². The van der Waals surface area contributed by atoms with Gasteiger partial charge in [0, 0.05) is 18.6 Å². The van der Waals surface area contributed by atoms with E-state index in [-0.39, 0.29) is 6.10 Å². The summed E-state index contributed by atoms with van der Waals surface area (Å²) in [5, 5.41) is 9.75.